The summed E-state index contributed by atoms with van der Waals surface area (Å²) in [7, 11) is 0. The van der Waals surface area contributed by atoms with Crippen LogP contribution in [0, 0.1) is 0 Å². The lowest BCUT2D eigenvalue weighted by molar-refractivity contribution is 0.483. The van der Waals surface area contributed by atoms with E-state index >= 15 is 0 Å². The summed E-state index contributed by atoms with van der Waals surface area (Å²) in [5.74, 6) is 0. The predicted octanol–water partition coefficient (Wildman–Crippen LogP) is 2.21. The maximum atomic E-state index is 3.47. The van der Waals surface area contributed by atoms with Crippen LogP contribution in [-0.4, -0.2) is 31.9 Å². The molecule has 0 aromatic heterocycles. The van der Waals surface area contributed by atoms with E-state index in [-0.39, 0.29) is 0 Å². The summed E-state index contributed by atoms with van der Waals surface area (Å²) in [4.78, 5) is 3.86. The van der Waals surface area contributed by atoms with E-state index in [1.54, 1.807) is 0 Å². The Balaban J connectivity index is 2.20. The van der Waals surface area contributed by atoms with Crippen LogP contribution in [0.3, 0.4) is 0 Å². The zero-order chi connectivity index (χ0) is 10.7. The molecule has 0 saturated carbocycles. The molecule has 2 rings (SSSR count). The maximum absolute atomic E-state index is 3.47. The Morgan fingerprint density at radius 3 is 2.93 bits per heavy atom. The molecule has 1 atom stereocenters. The van der Waals surface area contributed by atoms with Gasteiger partial charge < -0.3 is 10.2 Å². The van der Waals surface area contributed by atoms with E-state index < -0.39 is 0 Å². The molecule has 1 fully saturated rings. The van der Waals surface area contributed by atoms with Crippen LogP contribution in [0.5, 0.6) is 0 Å². The van der Waals surface area contributed by atoms with Gasteiger partial charge in [-0.2, -0.15) is 0 Å². The molecular formula is C12H18N2S. The number of hydrogen-bond acceptors (Lipinski definition) is 3. The fourth-order valence-corrected chi connectivity index (χ4v) is 2.66. The van der Waals surface area contributed by atoms with Gasteiger partial charge in [0.15, 0.2) is 0 Å². The second-order valence-electron chi connectivity index (χ2n) is 3.97. The van der Waals surface area contributed by atoms with Gasteiger partial charge in [-0.25, -0.2) is 0 Å². The average Bonchev–Trinajstić information content (AvgIpc) is 2.29. The van der Waals surface area contributed by atoms with Crippen molar-refractivity contribution in [2.24, 2.45) is 0 Å². The number of thioether (sulfide) groups is 1. The minimum absolute atomic E-state index is 0.591. The number of rotatable bonds is 2. The minimum atomic E-state index is 0.591. The van der Waals surface area contributed by atoms with E-state index in [4.69, 9.17) is 0 Å². The second kappa shape index (κ2) is 4.90. The van der Waals surface area contributed by atoms with Crippen LogP contribution in [0.4, 0.5) is 5.69 Å². The van der Waals surface area contributed by atoms with Crippen molar-refractivity contribution in [1.29, 1.82) is 0 Å². The summed E-state index contributed by atoms with van der Waals surface area (Å²) in [5, 5.41) is 3.47. The SMILES string of the molecule is CSc1ccccc1N1CCN[C@H](C)C1. The Bertz CT molecular complexity index is 327. The predicted molar refractivity (Wildman–Crippen MR) is 67.9 cm³/mol. The average molecular weight is 222 g/mol. The molecule has 1 aromatic rings. The largest absolute Gasteiger partial charge is 0.368 e. The van der Waals surface area contributed by atoms with Crippen molar-refractivity contribution < 1.29 is 0 Å². The second-order valence-corrected chi connectivity index (χ2v) is 4.82. The smallest absolute Gasteiger partial charge is 0.0505 e. The highest BCUT2D eigenvalue weighted by Gasteiger charge is 2.17. The molecule has 0 bridgehead atoms. The first kappa shape index (κ1) is 10.8. The highest BCUT2D eigenvalue weighted by atomic mass is 32.2. The third-order valence-electron chi connectivity index (χ3n) is 2.79. The highest BCUT2D eigenvalue weighted by Crippen LogP contribution is 2.28. The lowest BCUT2D eigenvalue weighted by Crippen LogP contribution is -2.49. The van der Waals surface area contributed by atoms with Crippen LogP contribution >= 0.6 is 11.8 Å². The van der Waals surface area contributed by atoms with Crippen molar-refractivity contribution in [3.05, 3.63) is 24.3 Å². The third-order valence-corrected chi connectivity index (χ3v) is 3.58. The zero-order valence-electron chi connectivity index (χ0n) is 9.36. The number of piperazine rings is 1. The van der Waals surface area contributed by atoms with Crippen molar-refractivity contribution in [2.75, 3.05) is 30.8 Å². The lowest BCUT2D eigenvalue weighted by Gasteiger charge is -2.34. The normalized spacial score (nSPS) is 21.7. The molecule has 0 unspecified atom stereocenters. The van der Waals surface area contributed by atoms with Crippen LogP contribution in [0.1, 0.15) is 6.92 Å². The molecule has 0 radical (unpaired) electrons. The molecule has 3 heteroatoms. The van der Waals surface area contributed by atoms with Gasteiger partial charge >= 0.3 is 0 Å². The minimum Gasteiger partial charge on any atom is -0.368 e. The Hall–Kier alpha value is -0.670. The van der Waals surface area contributed by atoms with Gasteiger partial charge in [0, 0.05) is 30.6 Å². The zero-order valence-corrected chi connectivity index (χ0v) is 10.2. The van der Waals surface area contributed by atoms with Crippen molar-refractivity contribution in [3.8, 4) is 0 Å². The van der Waals surface area contributed by atoms with Crippen LogP contribution in [0.25, 0.3) is 0 Å². The molecular weight excluding hydrogens is 204 g/mol. The molecule has 1 aliphatic rings. The Morgan fingerprint density at radius 2 is 2.20 bits per heavy atom. The third kappa shape index (κ3) is 2.47. The van der Waals surface area contributed by atoms with Gasteiger partial charge in [-0.15, -0.1) is 11.8 Å². The molecule has 1 heterocycles. The fraction of sp³-hybridized carbons (Fsp3) is 0.500. The molecule has 1 saturated heterocycles. The summed E-state index contributed by atoms with van der Waals surface area (Å²) in [5.41, 5.74) is 1.39. The first-order valence-electron chi connectivity index (χ1n) is 5.42. The van der Waals surface area contributed by atoms with Crippen molar-refractivity contribution >= 4 is 17.4 Å². The lowest BCUT2D eigenvalue weighted by atomic mass is 10.2. The van der Waals surface area contributed by atoms with Gasteiger partial charge in [0.25, 0.3) is 0 Å². The molecule has 1 aliphatic heterocycles. The number of nitrogens with one attached hydrogen (secondary N) is 1. The summed E-state index contributed by atoms with van der Waals surface area (Å²) in [6, 6.07) is 9.26. The number of para-hydroxylation sites is 1. The summed E-state index contributed by atoms with van der Waals surface area (Å²) < 4.78 is 0. The van der Waals surface area contributed by atoms with E-state index in [9.17, 15) is 0 Å². The van der Waals surface area contributed by atoms with Crippen molar-refractivity contribution in [1.82, 2.24) is 5.32 Å². The van der Waals surface area contributed by atoms with E-state index in [1.807, 2.05) is 11.8 Å². The molecule has 82 valence electrons. The van der Waals surface area contributed by atoms with E-state index in [2.05, 4.69) is 47.7 Å². The number of benzene rings is 1. The van der Waals surface area contributed by atoms with Gasteiger partial charge in [0.05, 0.1) is 5.69 Å². The molecule has 15 heavy (non-hydrogen) atoms. The van der Waals surface area contributed by atoms with Crippen LogP contribution in [-0.2, 0) is 0 Å². The van der Waals surface area contributed by atoms with Gasteiger partial charge in [0.2, 0.25) is 0 Å². The molecule has 0 aliphatic carbocycles. The van der Waals surface area contributed by atoms with E-state index in [0.29, 0.717) is 6.04 Å². The number of hydrogen-bond donors (Lipinski definition) is 1. The Labute approximate surface area is 96.0 Å². The quantitative estimate of drug-likeness (QED) is 0.772. The van der Waals surface area contributed by atoms with Gasteiger partial charge in [-0.3, -0.25) is 0 Å². The summed E-state index contributed by atoms with van der Waals surface area (Å²) >= 11 is 1.83. The van der Waals surface area contributed by atoms with Gasteiger partial charge in [-0.05, 0) is 25.3 Å². The standard InChI is InChI=1S/C12H18N2S/c1-10-9-14(8-7-13-10)11-5-3-4-6-12(11)15-2/h3-6,10,13H,7-9H2,1-2H3/t10-/m1/s1. The fourth-order valence-electron chi connectivity index (χ4n) is 2.04. The molecule has 2 nitrogen and oxygen atoms in total. The van der Waals surface area contributed by atoms with Crippen molar-refractivity contribution in [2.45, 2.75) is 17.9 Å². The topological polar surface area (TPSA) is 15.3 Å². The van der Waals surface area contributed by atoms with Crippen LogP contribution in [0.2, 0.25) is 0 Å². The first-order chi connectivity index (χ1) is 7.31. The van der Waals surface area contributed by atoms with Gasteiger partial charge in [-0.1, -0.05) is 12.1 Å². The van der Waals surface area contributed by atoms with E-state index in [1.165, 1.54) is 10.6 Å². The maximum Gasteiger partial charge on any atom is 0.0505 e. The van der Waals surface area contributed by atoms with E-state index in [0.717, 1.165) is 19.6 Å². The molecule has 1 aromatic carbocycles. The Kier molecular flexibility index (Phi) is 3.54. The molecule has 1 N–H and O–H groups in total. The first-order valence-corrected chi connectivity index (χ1v) is 6.65. The summed E-state index contributed by atoms with van der Waals surface area (Å²) in [6.07, 6.45) is 2.14. The highest BCUT2D eigenvalue weighted by molar-refractivity contribution is 7.98. The number of anilines is 1. The molecule has 0 amide bonds. The monoisotopic (exact) mass is 222 g/mol. The summed E-state index contributed by atoms with van der Waals surface area (Å²) in [6.45, 7) is 5.55. The number of nitrogens with zero attached hydrogens (tertiary/aromatic N) is 1. The molecule has 0 spiro atoms. The van der Waals surface area contributed by atoms with Gasteiger partial charge in [0.1, 0.15) is 0 Å². The van der Waals surface area contributed by atoms with Crippen molar-refractivity contribution in [3.63, 3.8) is 0 Å². The van der Waals surface area contributed by atoms with Crippen LogP contribution < -0.4 is 10.2 Å². The Morgan fingerprint density at radius 1 is 1.40 bits per heavy atom. The van der Waals surface area contributed by atoms with Crippen LogP contribution in [0.15, 0.2) is 29.2 Å².